The molecule has 0 aliphatic carbocycles. The Morgan fingerprint density at radius 2 is 2.24 bits per heavy atom. The van der Waals surface area contributed by atoms with Crippen LogP contribution in [0.25, 0.3) is 0 Å². The van der Waals surface area contributed by atoms with Crippen LogP contribution in [0.15, 0.2) is 17.5 Å². The summed E-state index contributed by atoms with van der Waals surface area (Å²) in [4.78, 5) is 29.1. The van der Waals surface area contributed by atoms with E-state index in [2.05, 4.69) is 11.4 Å². The molecule has 1 saturated heterocycles. The van der Waals surface area contributed by atoms with Gasteiger partial charge in [0, 0.05) is 44.0 Å². The number of carbonyl (C=O) groups excluding carboxylic acids is 2. The predicted molar refractivity (Wildman–Crippen MR) is 84.3 cm³/mol. The van der Waals surface area contributed by atoms with Crippen LogP contribution in [-0.2, 0) is 16.0 Å². The highest BCUT2D eigenvalue weighted by molar-refractivity contribution is 7.09. The van der Waals surface area contributed by atoms with Crippen LogP contribution < -0.4 is 5.32 Å². The molecule has 0 bridgehead atoms. The molecule has 5 nitrogen and oxygen atoms in total. The summed E-state index contributed by atoms with van der Waals surface area (Å²) in [6.45, 7) is 4.91. The van der Waals surface area contributed by atoms with Crippen LogP contribution in [-0.4, -0.2) is 60.9 Å². The third kappa shape index (κ3) is 4.28. The minimum atomic E-state index is -0.402. The maximum atomic E-state index is 12.3. The fraction of sp³-hybridized carbons (Fsp3) is 0.600. The maximum absolute atomic E-state index is 12.3. The number of thiophene rings is 1. The Labute approximate surface area is 129 Å². The van der Waals surface area contributed by atoms with Gasteiger partial charge in [-0.25, -0.2) is 0 Å². The van der Waals surface area contributed by atoms with Crippen molar-refractivity contribution >= 4 is 23.2 Å². The lowest BCUT2D eigenvalue weighted by molar-refractivity contribution is -0.152. The fourth-order valence-electron chi connectivity index (χ4n) is 2.39. The molecule has 1 aliphatic heterocycles. The average Bonchev–Trinajstić information content (AvgIpc) is 2.84. The number of nitrogens with one attached hydrogen (secondary N) is 1. The van der Waals surface area contributed by atoms with E-state index in [0.717, 1.165) is 25.9 Å². The van der Waals surface area contributed by atoms with Gasteiger partial charge in [0.05, 0.1) is 0 Å². The second-order valence-electron chi connectivity index (χ2n) is 5.44. The molecule has 1 aliphatic rings. The SMILES string of the molecule is CC(Cc1cccs1)N(C)C(=O)C(=O)N1CCCNCC1. The van der Waals surface area contributed by atoms with Gasteiger partial charge in [-0.3, -0.25) is 9.59 Å². The molecular formula is C15H23N3O2S. The molecule has 0 aromatic carbocycles. The van der Waals surface area contributed by atoms with E-state index in [1.165, 1.54) is 4.88 Å². The van der Waals surface area contributed by atoms with Crippen molar-refractivity contribution in [3.63, 3.8) is 0 Å². The fourth-order valence-corrected chi connectivity index (χ4v) is 3.22. The Balaban J connectivity index is 1.92. The normalized spacial score (nSPS) is 17.1. The van der Waals surface area contributed by atoms with Crippen molar-refractivity contribution in [1.82, 2.24) is 15.1 Å². The Morgan fingerprint density at radius 1 is 1.43 bits per heavy atom. The average molecular weight is 309 g/mol. The van der Waals surface area contributed by atoms with E-state index in [9.17, 15) is 9.59 Å². The van der Waals surface area contributed by atoms with Gasteiger partial charge in [0.2, 0.25) is 0 Å². The van der Waals surface area contributed by atoms with Crippen LogP contribution in [0.4, 0.5) is 0 Å². The van der Waals surface area contributed by atoms with Gasteiger partial charge in [-0.05, 0) is 31.3 Å². The largest absolute Gasteiger partial charge is 0.334 e. The monoisotopic (exact) mass is 309 g/mol. The predicted octanol–water partition coefficient (Wildman–Crippen LogP) is 0.959. The number of rotatable bonds is 3. The second kappa shape index (κ2) is 7.56. The Hall–Kier alpha value is -1.40. The van der Waals surface area contributed by atoms with Crippen LogP contribution in [0.1, 0.15) is 18.2 Å². The van der Waals surface area contributed by atoms with Crippen molar-refractivity contribution in [1.29, 1.82) is 0 Å². The number of nitrogens with zero attached hydrogens (tertiary/aromatic N) is 2. The van der Waals surface area contributed by atoms with Crippen LogP contribution in [0.2, 0.25) is 0 Å². The van der Waals surface area contributed by atoms with Crippen molar-refractivity contribution in [3.8, 4) is 0 Å². The highest BCUT2D eigenvalue weighted by atomic mass is 32.1. The highest BCUT2D eigenvalue weighted by Crippen LogP contribution is 2.14. The summed E-state index contributed by atoms with van der Waals surface area (Å²) >= 11 is 1.68. The van der Waals surface area contributed by atoms with E-state index in [1.807, 2.05) is 18.4 Å². The molecule has 0 spiro atoms. The first-order valence-electron chi connectivity index (χ1n) is 7.38. The molecule has 1 fully saturated rings. The first-order chi connectivity index (χ1) is 10.1. The molecule has 1 N–H and O–H groups in total. The van der Waals surface area contributed by atoms with Gasteiger partial charge < -0.3 is 15.1 Å². The summed E-state index contributed by atoms with van der Waals surface area (Å²) in [5, 5.41) is 5.26. The molecule has 0 saturated carbocycles. The van der Waals surface area contributed by atoms with E-state index < -0.39 is 5.91 Å². The molecule has 1 aromatic rings. The molecule has 0 radical (unpaired) electrons. The van der Waals surface area contributed by atoms with Crippen LogP contribution in [0, 0.1) is 0 Å². The summed E-state index contributed by atoms with van der Waals surface area (Å²) in [6, 6.07) is 4.08. The zero-order chi connectivity index (χ0) is 15.2. The third-order valence-electron chi connectivity index (χ3n) is 3.87. The Bertz CT molecular complexity index is 467. The molecule has 1 unspecified atom stereocenters. The summed E-state index contributed by atoms with van der Waals surface area (Å²) < 4.78 is 0. The van der Waals surface area contributed by atoms with Crippen molar-refractivity contribution in [2.45, 2.75) is 25.8 Å². The van der Waals surface area contributed by atoms with Crippen molar-refractivity contribution in [3.05, 3.63) is 22.4 Å². The summed E-state index contributed by atoms with van der Waals surface area (Å²) in [5.41, 5.74) is 0. The van der Waals surface area contributed by atoms with Gasteiger partial charge in [0.1, 0.15) is 0 Å². The number of amides is 2. The van der Waals surface area contributed by atoms with E-state index in [-0.39, 0.29) is 11.9 Å². The lowest BCUT2D eigenvalue weighted by atomic mass is 10.2. The zero-order valence-corrected chi connectivity index (χ0v) is 13.5. The quantitative estimate of drug-likeness (QED) is 0.846. The van der Waals surface area contributed by atoms with Crippen molar-refractivity contribution in [2.24, 2.45) is 0 Å². The molecule has 116 valence electrons. The third-order valence-corrected chi connectivity index (χ3v) is 4.77. The number of hydrogen-bond donors (Lipinski definition) is 1. The number of hydrogen-bond acceptors (Lipinski definition) is 4. The zero-order valence-electron chi connectivity index (χ0n) is 12.7. The van der Waals surface area contributed by atoms with Crippen LogP contribution in [0.3, 0.4) is 0 Å². The van der Waals surface area contributed by atoms with Gasteiger partial charge in [-0.15, -0.1) is 11.3 Å². The van der Waals surface area contributed by atoms with Gasteiger partial charge in [-0.1, -0.05) is 6.07 Å². The van der Waals surface area contributed by atoms with Gasteiger partial charge in [-0.2, -0.15) is 0 Å². The first-order valence-corrected chi connectivity index (χ1v) is 8.26. The molecular weight excluding hydrogens is 286 g/mol. The molecule has 21 heavy (non-hydrogen) atoms. The lowest BCUT2D eigenvalue weighted by Crippen LogP contribution is -2.48. The summed E-state index contributed by atoms with van der Waals surface area (Å²) in [6.07, 6.45) is 1.68. The molecule has 6 heteroatoms. The number of likely N-dealkylation sites (N-methyl/N-ethyl adjacent to an activating group) is 1. The first kappa shape index (κ1) is 16.0. The number of carbonyl (C=O) groups is 2. The van der Waals surface area contributed by atoms with Gasteiger partial charge in [0.15, 0.2) is 0 Å². The van der Waals surface area contributed by atoms with E-state index in [1.54, 1.807) is 28.2 Å². The summed E-state index contributed by atoms with van der Waals surface area (Å²) in [5.74, 6) is -0.778. The smallest absolute Gasteiger partial charge is 0.312 e. The second-order valence-corrected chi connectivity index (χ2v) is 6.48. The van der Waals surface area contributed by atoms with Crippen molar-refractivity contribution in [2.75, 3.05) is 33.2 Å². The Kier molecular flexibility index (Phi) is 5.76. The Morgan fingerprint density at radius 3 is 2.95 bits per heavy atom. The minimum absolute atomic E-state index is 0.0187. The molecule has 2 amide bonds. The molecule has 2 heterocycles. The maximum Gasteiger partial charge on any atom is 0.312 e. The van der Waals surface area contributed by atoms with Crippen LogP contribution >= 0.6 is 11.3 Å². The lowest BCUT2D eigenvalue weighted by Gasteiger charge is -2.27. The molecule has 1 atom stereocenters. The van der Waals surface area contributed by atoms with Gasteiger partial charge in [0.25, 0.3) is 0 Å². The van der Waals surface area contributed by atoms with Gasteiger partial charge >= 0.3 is 11.8 Å². The molecule has 1 aromatic heterocycles. The van der Waals surface area contributed by atoms with E-state index in [4.69, 9.17) is 0 Å². The minimum Gasteiger partial charge on any atom is -0.334 e. The van der Waals surface area contributed by atoms with E-state index >= 15 is 0 Å². The standard InChI is InChI=1S/C15H23N3O2S/c1-12(11-13-5-3-10-21-13)17(2)14(19)15(20)18-8-4-6-16-7-9-18/h3,5,10,12,16H,4,6-9,11H2,1-2H3. The van der Waals surface area contributed by atoms with Crippen LogP contribution in [0.5, 0.6) is 0 Å². The highest BCUT2D eigenvalue weighted by Gasteiger charge is 2.27. The summed E-state index contributed by atoms with van der Waals surface area (Å²) in [7, 11) is 1.72. The topological polar surface area (TPSA) is 52.7 Å². The molecule has 2 rings (SSSR count). The van der Waals surface area contributed by atoms with Crippen molar-refractivity contribution < 1.29 is 9.59 Å². The van der Waals surface area contributed by atoms with E-state index in [0.29, 0.717) is 13.1 Å².